The molecule has 0 heteroatoms. The largest absolute Gasteiger partial charge is 0.0654 e. The standard InChI is InChI=1S/C16H26/c1-5-6-7-8-10-14(3)16-12-9-11-13(2)15(16)4/h9,11-12,14H,5-8,10H2,1-4H3. The van der Waals surface area contributed by atoms with Crippen LogP contribution >= 0.6 is 0 Å². The van der Waals surface area contributed by atoms with Crippen LogP contribution in [0.1, 0.15) is 68.6 Å². The lowest BCUT2D eigenvalue weighted by Crippen LogP contribution is -1.98. The highest BCUT2D eigenvalue weighted by molar-refractivity contribution is 5.35. The van der Waals surface area contributed by atoms with Crippen molar-refractivity contribution in [2.24, 2.45) is 0 Å². The molecule has 1 unspecified atom stereocenters. The normalized spacial score (nSPS) is 12.8. The molecule has 0 aromatic heterocycles. The molecule has 0 aliphatic rings. The molecule has 0 fully saturated rings. The van der Waals surface area contributed by atoms with E-state index in [1.165, 1.54) is 43.2 Å². The number of hydrogen-bond donors (Lipinski definition) is 0. The smallest absolute Gasteiger partial charge is 0.0188 e. The molecule has 0 bridgehead atoms. The molecule has 1 aromatic rings. The molecular formula is C16H26. The highest BCUT2D eigenvalue weighted by atomic mass is 14.1. The zero-order valence-electron chi connectivity index (χ0n) is 11.3. The van der Waals surface area contributed by atoms with Crippen molar-refractivity contribution in [3.63, 3.8) is 0 Å². The predicted molar refractivity (Wildman–Crippen MR) is 73.1 cm³/mol. The van der Waals surface area contributed by atoms with Crippen molar-refractivity contribution in [3.05, 3.63) is 34.9 Å². The molecule has 1 atom stereocenters. The van der Waals surface area contributed by atoms with Crippen molar-refractivity contribution in [2.45, 2.75) is 65.7 Å². The fraction of sp³-hybridized carbons (Fsp3) is 0.625. The van der Waals surface area contributed by atoms with Gasteiger partial charge in [0.2, 0.25) is 0 Å². The van der Waals surface area contributed by atoms with E-state index in [0.29, 0.717) is 0 Å². The van der Waals surface area contributed by atoms with Gasteiger partial charge in [-0.15, -0.1) is 0 Å². The highest BCUT2D eigenvalue weighted by Crippen LogP contribution is 2.26. The van der Waals surface area contributed by atoms with Gasteiger partial charge in [0, 0.05) is 0 Å². The summed E-state index contributed by atoms with van der Waals surface area (Å²) in [5.41, 5.74) is 4.47. The Bertz CT molecular complexity index is 312. The fourth-order valence-electron chi connectivity index (χ4n) is 2.34. The molecule has 0 aliphatic heterocycles. The van der Waals surface area contributed by atoms with Crippen LogP contribution in [0.4, 0.5) is 0 Å². The van der Waals surface area contributed by atoms with Gasteiger partial charge in [0.05, 0.1) is 0 Å². The summed E-state index contributed by atoms with van der Waals surface area (Å²) in [6, 6.07) is 6.70. The zero-order valence-corrected chi connectivity index (χ0v) is 11.3. The van der Waals surface area contributed by atoms with Crippen LogP contribution in [-0.4, -0.2) is 0 Å². The van der Waals surface area contributed by atoms with Crippen LogP contribution in [-0.2, 0) is 0 Å². The summed E-state index contributed by atoms with van der Waals surface area (Å²) < 4.78 is 0. The molecule has 0 N–H and O–H groups in total. The maximum atomic E-state index is 2.37. The Kier molecular flexibility index (Phi) is 5.59. The average molecular weight is 218 g/mol. The summed E-state index contributed by atoms with van der Waals surface area (Å²) >= 11 is 0. The monoisotopic (exact) mass is 218 g/mol. The third kappa shape index (κ3) is 3.66. The molecule has 0 heterocycles. The molecule has 0 radical (unpaired) electrons. The SMILES string of the molecule is CCCCCCC(C)c1cccc(C)c1C. The molecule has 0 aliphatic carbocycles. The first kappa shape index (κ1) is 13.3. The van der Waals surface area contributed by atoms with Gasteiger partial charge in [-0.05, 0) is 42.9 Å². The lowest BCUT2D eigenvalue weighted by atomic mass is 9.90. The first-order valence-electron chi connectivity index (χ1n) is 6.73. The molecule has 1 aromatic carbocycles. The third-order valence-corrected chi connectivity index (χ3v) is 3.67. The minimum absolute atomic E-state index is 0.719. The van der Waals surface area contributed by atoms with Crippen molar-refractivity contribution >= 4 is 0 Å². The van der Waals surface area contributed by atoms with E-state index < -0.39 is 0 Å². The Morgan fingerprint density at radius 3 is 2.50 bits per heavy atom. The van der Waals surface area contributed by atoms with E-state index >= 15 is 0 Å². The van der Waals surface area contributed by atoms with E-state index in [1.807, 2.05) is 0 Å². The van der Waals surface area contributed by atoms with E-state index in [-0.39, 0.29) is 0 Å². The number of unbranched alkanes of at least 4 members (excludes halogenated alkanes) is 3. The van der Waals surface area contributed by atoms with Crippen molar-refractivity contribution in [3.8, 4) is 0 Å². The molecule has 0 amide bonds. The Morgan fingerprint density at radius 1 is 1.06 bits per heavy atom. The van der Waals surface area contributed by atoms with Crippen LogP contribution in [0, 0.1) is 13.8 Å². The van der Waals surface area contributed by atoms with Gasteiger partial charge in [-0.2, -0.15) is 0 Å². The van der Waals surface area contributed by atoms with Gasteiger partial charge in [0.15, 0.2) is 0 Å². The van der Waals surface area contributed by atoms with Gasteiger partial charge in [0.1, 0.15) is 0 Å². The van der Waals surface area contributed by atoms with Gasteiger partial charge in [-0.3, -0.25) is 0 Å². The summed E-state index contributed by atoms with van der Waals surface area (Å²) in [4.78, 5) is 0. The molecule has 0 saturated carbocycles. The Morgan fingerprint density at radius 2 is 1.81 bits per heavy atom. The molecule has 0 saturated heterocycles. The minimum atomic E-state index is 0.719. The van der Waals surface area contributed by atoms with Crippen LogP contribution in [0.3, 0.4) is 0 Å². The molecular weight excluding hydrogens is 192 g/mol. The first-order chi connectivity index (χ1) is 7.66. The van der Waals surface area contributed by atoms with Gasteiger partial charge < -0.3 is 0 Å². The quantitative estimate of drug-likeness (QED) is 0.562. The lowest BCUT2D eigenvalue weighted by molar-refractivity contribution is 0.578. The van der Waals surface area contributed by atoms with E-state index in [4.69, 9.17) is 0 Å². The first-order valence-corrected chi connectivity index (χ1v) is 6.73. The van der Waals surface area contributed by atoms with E-state index in [9.17, 15) is 0 Å². The van der Waals surface area contributed by atoms with E-state index in [1.54, 1.807) is 5.56 Å². The molecule has 1 rings (SSSR count). The Hall–Kier alpha value is -0.780. The maximum Gasteiger partial charge on any atom is -0.0188 e. The summed E-state index contributed by atoms with van der Waals surface area (Å²) in [5.74, 6) is 0.719. The summed E-state index contributed by atoms with van der Waals surface area (Å²) in [6.45, 7) is 9.11. The minimum Gasteiger partial charge on any atom is -0.0654 e. The lowest BCUT2D eigenvalue weighted by Gasteiger charge is -2.16. The van der Waals surface area contributed by atoms with Gasteiger partial charge in [-0.1, -0.05) is 57.7 Å². The zero-order chi connectivity index (χ0) is 12.0. The number of rotatable bonds is 6. The Labute approximate surface area is 101 Å². The molecule has 90 valence electrons. The number of aryl methyl sites for hydroxylation is 1. The van der Waals surface area contributed by atoms with Crippen LogP contribution in [0.25, 0.3) is 0 Å². The van der Waals surface area contributed by atoms with Crippen LogP contribution < -0.4 is 0 Å². The summed E-state index contributed by atoms with van der Waals surface area (Å²) in [7, 11) is 0. The second kappa shape index (κ2) is 6.73. The predicted octanol–water partition coefficient (Wildman–Crippen LogP) is 5.38. The average Bonchev–Trinajstić information content (AvgIpc) is 2.28. The van der Waals surface area contributed by atoms with Crippen LogP contribution in [0.15, 0.2) is 18.2 Å². The topological polar surface area (TPSA) is 0 Å². The second-order valence-corrected chi connectivity index (χ2v) is 5.04. The van der Waals surface area contributed by atoms with Gasteiger partial charge in [0.25, 0.3) is 0 Å². The highest BCUT2D eigenvalue weighted by Gasteiger charge is 2.08. The van der Waals surface area contributed by atoms with Crippen LogP contribution in [0.2, 0.25) is 0 Å². The Balaban J connectivity index is 2.52. The molecule has 0 nitrogen and oxygen atoms in total. The van der Waals surface area contributed by atoms with Gasteiger partial charge in [-0.25, -0.2) is 0 Å². The van der Waals surface area contributed by atoms with Gasteiger partial charge >= 0.3 is 0 Å². The third-order valence-electron chi connectivity index (χ3n) is 3.67. The summed E-state index contributed by atoms with van der Waals surface area (Å²) in [5, 5.41) is 0. The fourth-order valence-corrected chi connectivity index (χ4v) is 2.34. The van der Waals surface area contributed by atoms with Crippen molar-refractivity contribution in [2.75, 3.05) is 0 Å². The second-order valence-electron chi connectivity index (χ2n) is 5.04. The van der Waals surface area contributed by atoms with Crippen molar-refractivity contribution in [1.82, 2.24) is 0 Å². The van der Waals surface area contributed by atoms with E-state index in [0.717, 1.165) is 5.92 Å². The molecule has 16 heavy (non-hydrogen) atoms. The van der Waals surface area contributed by atoms with Crippen molar-refractivity contribution < 1.29 is 0 Å². The summed E-state index contributed by atoms with van der Waals surface area (Å²) in [6.07, 6.45) is 6.83. The number of benzene rings is 1. The van der Waals surface area contributed by atoms with Crippen molar-refractivity contribution in [1.29, 1.82) is 0 Å². The van der Waals surface area contributed by atoms with Crippen LogP contribution in [0.5, 0.6) is 0 Å². The molecule has 0 spiro atoms. The maximum absolute atomic E-state index is 2.37. The number of hydrogen-bond acceptors (Lipinski definition) is 0. The van der Waals surface area contributed by atoms with E-state index in [2.05, 4.69) is 45.9 Å².